The number of rotatable bonds is 10. The fourth-order valence-corrected chi connectivity index (χ4v) is 4.44. The van der Waals surface area contributed by atoms with Crippen LogP contribution in [-0.4, -0.2) is 28.7 Å². The number of imidazole rings is 1. The van der Waals surface area contributed by atoms with Gasteiger partial charge in [0.1, 0.15) is 6.04 Å². The van der Waals surface area contributed by atoms with Crippen LogP contribution in [0.2, 0.25) is 0 Å². The Kier molecular flexibility index (Phi) is 7.35. The highest BCUT2D eigenvalue weighted by molar-refractivity contribution is 5.76. The van der Waals surface area contributed by atoms with Crippen LogP contribution >= 0.6 is 0 Å². The third-order valence-corrected chi connectivity index (χ3v) is 6.03. The summed E-state index contributed by atoms with van der Waals surface area (Å²) in [6.45, 7) is 4.45. The molecule has 0 unspecified atom stereocenters. The normalized spacial score (nSPS) is 12.1. The first kappa shape index (κ1) is 23.2. The number of hydrogen-bond donors (Lipinski definition) is 1. The highest BCUT2D eigenvalue weighted by Gasteiger charge is 2.40. The lowest BCUT2D eigenvalue weighted by Crippen LogP contribution is -2.53. The Balaban J connectivity index is 1.89. The van der Waals surface area contributed by atoms with E-state index in [9.17, 15) is 4.79 Å². The van der Waals surface area contributed by atoms with Gasteiger partial charge in [-0.15, -0.1) is 6.58 Å². The van der Waals surface area contributed by atoms with E-state index in [2.05, 4.69) is 53.3 Å². The van der Waals surface area contributed by atoms with Gasteiger partial charge in [-0.25, -0.2) is 4.98 Å². The molecule has 34 heavy (non-hydrogen) atoms. The second-order valence-electron chi connectivity index (χ2n) is 8.10. The van der Waals surface area contributed by atoms with Gasteiger partial charge < -0.3 is 9.30 Å². The molecule has 1 atom stereocenters. The zero-order valence-electron chi connectivity index (χ0n) is 19.3. The summed E-state index contributed by atoms with van der Waals surface area (Å²) in [6.07, 6.45) is 5.77. The van der Waals surface area contributed by atoms with Crippen LogP contribution in [0.25, 0.3) is 0 Å². The van der Waals surface area contributed by atoms with Gasteiger partial charge in [-0.3, -0.25) is 10.1 Å². The molecule has 0 fully saturated rings. The first-order chi connectivity index (χ1) is 16.7. The van der Waals surface area contributed by atoms with Gasteiger partial charge in [-0.05, 0) is 16.7 Å². The molecule has 0 saturated carbocycles. The summed E-state index contributed by atoms with van der Waals surface area (Å²) in [5, 5.41) is 3.73. The van der Waals surface area contributed by atoms with Crippen molar-refractivity contribution in [3.63, 3.8) is 0 Å². The summed E-state index contributed by atoms with van der Waals surface area (Å²) in [5.74, 6) is -0.335. The largest absolute Gasteiger partial charge is 0.468 e. The number of benzene rings is 3. The average molecular weight is 452 g/mol. The second kappa shape index (κ2) is 10.8. The molecule has 0 bridgehead atoms. The topological polar surface area (TPSA) is 56.2 Å². The summed E-state index contributed by atoms with van der Waals surface area (Å²) in [7, 11) is 1.42. The first-order valence-corrected chi connectivity index (χ1v) is 11.3. The van der Waals surface area contributed by atoms with Crippen molar-refractivity contribution in [3.8, 4) is 0 Å². The van der Waals surface area contributed by atoms with Gasteiger partial charge >= 0.3 is 5.97 Å². The fraction of sp³-hybridized carbons (Fsp3) is 0.172. The van der Waals surface area contributed by atoms with E-state index in [1.54, 1.807) is 12.5 Å². The van der Waals surface area contributed by atoms with E-state index in [1.165, 1.54) is 7.11 Å². The molecule has 4 aromatic rings. The third kappa shape index (κ3) is 4.70. The first-order valence-electron chi connectivity index (χ1n) is 11.3. The molecule has 0 saturated heterocycles. The Morgan fingerprint density at radius 2 is 1.47 bits per heavy atom. The molecule has 5 nitrogen and oxygen atoms in total. The molecule has 1 heterocycles. The van der Waals surface area contributed by atoms with E-state index < -0.39 is 11.6 Å². The van der Waals surface area contributed by atoms with Crippen LogP contribution in [0.4, 0.5) is 0 Å². The molecule has 5 heteroatoms. The minimum absolute atomic E-state index is 0.335. The van der Waals surface area contributed by atoms with Gasteiger partial charge in [0.15, 0.2) is 0 Å². The van der Waals surface area contributed by atoms with Crippen molar-refractivity contribution in [1.29, 1.82) is 0 Å². The molecule has 0 radical (unpaired) electrons. The van der Waals surface area contributed by atoms with E-state index in [1.807, 2.05) is 65.2 Å². The Morgan fingerprint density at radius 1 is 0.971 bits per heavy atom. The van der Waals surface area contributed by atoms with Crippen molar-refractivity contribution in [3.05, 3.63) is 139 Å². The molecule has 0 spiro atoms. The minimum Gasteiger partial charge on any atom is -0.468 e. The quantitative estimate of drug-likeness (QED) is 0.215. The molecule has 1 N–H and O–H groups in total. The Hall–Kier alpha value is -3.96. The lowest BCUT2D eigenvalue weighted by Gasteiger charge is -2.39. The average Bonchev–Trinajstić information content (AvgIpc) is 3.34. The summed E-state index contributed by atoms with van der Waals surface area (Å²) in [5.41, 5.74) is 3.22. The van der Waals surface area contributed by atoms with E-state index in [4.69, 9.17) is 4.74 Å². The number of nitrogens with one attached hydrogen (secondary N) is 1. The highest BCUT2D eigenvalue weighted by Crippen LogP contribution is 2.37. The third-order valence-electron chi connectivity index (χ3n) is 6.03. The number of aromatic nitrogens is 2. The molecular formula is C29H29N3O2. The van der Waals surface area contributed by atoms with Crippen LogP contribution in [0.15, 0.2) is 116 Å². The van der Waals surface area contributed by atoms with Crippen LogP contribution < -0.4 is 5.32 Å². The Labute approximate surface area is 200 Å². The number of carbonyl (C=O) groups excluding carboxylic acids is 1. The maximum Gasteiger partial charge on any atom is 0.323 e. The smallest absolute Gasteiger partial charge is 0.323 e. The number of allylic oxidation sites excluding steroid dienone is 1. The molecule has 3 aromatic carbocycles. The molecule has 0 aliphatic rings. The maximum atomic E-state index is 13.1. The summed E-state index contributed by atoms with van der Waals surface area (Å²) in [4.78, 5) is 17.4. The molecule has 0 aliphatic heterocycles. The van der Waals surface area contributed by atoms with Crippen molar-refractivity contribution in [2.24, 2.45) is 0 Å². The second-order valence-corrected chi connectivity index (χ2v) is 8.10. The standard InChI is InChI=1S/C29H29N3O2/c1-3-19-32-22-30-21-26(32)20-27(28(33)34-2)31-29(23-13-7-4-8-14-23,24-15-9-5-10-16-24)25-17-11-6-12-18-25/h3-18,21-22,27,31H,1,19-20H2,2H3/t27-/m0/s1. The van der Waals surface area contributed by atoms with Crippen molar-refractivity contribution >= 4 is 5.97 Å². The molecular weight excluding hydrogens is 422 g/mol. The van der Waals surface area contributed by atoms with Crippen molar-refractivity contribution in [1.82, 2.24) is 14.9 Å². The van der Waals surface area contributed by atoms with Gasteiger partial charge in [0.25, 0.3) is 0 Å². The zero-order valence-corrected chi connectivity index (χ0v) is 19.3. The number of ether oxygens (including phenoxy) is 1. The van der Waals surface area contributed by atoms with Crippen molar-refractivity contribution in [2.75, 3.05) is 7.11 Å². The number of methoxy groups -OCH3 is 1. The Morgan fingerprint density at radius 3 is 1.91 bits per heavy atom. The molecule has 0 amide bonds. The number of carbonyl (C=O) groups is 1. The summed E-state index contributed by atoms with van der Waals surface area (Å²) in [6, 6.07) is 30.0. The fourth-order valence-electron chi connectivity index (χ4n) is 4.44. The predicted octanol–water partition coefficient (Wildman–Crippen LogP) is 4.73. The van der Waals surface area contributed by atoms with Gasteiger partial charge in [-0.1, -0.05) is 97.1 Å². The van der Waals surface area contributed by atoms with Gasteiger partial charge in [0.2, 0.25) is 0 Å². The molecule has 0 aliphatic carbocycles. The van der Waals surface area contributed by atoms with E-state index in [0.29, 0.717) is 13.0 Å². The number of hydrogen-bond acceptors (Lipinski definition) is 4. The highest BCUT2D eigenvalue weighted by atomic mass is 16.5. The zero-order chi connectivity index (χ0) is 23.8. The molecule has 4 rings (SSSR count). The van der Waals surface area contributed by atoms with E-state index in [-0.39, 0.29) is 5.97 Å². The van der Waals surface area contributed by atoms with Crippen LogP contribution in [0.5, 0.6) is 0 Å². The maximum absolute atomic E-state index is 13.1. The summed E-state index contributed by atoms with van der Waals surface area (Å²) < 4.78 is 7.25. The van der Waals surface area contributed by atoms with Gasteiger partial charge in [0, 0.05) is 24.9 Å². The van der Waals surface area contributed by atoms with Crippen LogP contribution in [0, 0.1) is 0 Å². The lowest BCUT2D eigenvalue weighted by atomic mass is 9.76. The van der Waals surface area contributed by atoms with Gasteiger partial charge in [0.05, 0.1) is 19.0 Å². The SMILES string of the molecule is C=CCn1cncc1C[C@H](NC(c1ccccc1)(c1ccccc1)c1ccccc1)C(=O)OC. The Bertz CT molecular complexity index is 1110. The van der Waals surface area contributed by atoms with Crippen LogP contribution in [-0.2, 0) is 28.0 Å². The monoisotopic (exact) mass is 451 g/mol. The van der Waals surface area contributed by atoms with Crippen molar-refractivity contribution < 1.29 is 9.53 Å². The van der Waals surface area contributed by atoms with E-state index in [0.717, 1.165) is 22.4 Å². The van der Waals surface area contributed by atoms with Crippen LogP contribution in [0.1, 0.15) is 22.4 Å². The number of esters is 1. The lowest BCUT2D eigenvalue weighted by molar-refractivity contribution is -0.143. The molecule has 1 aromatic heterocycles. The molecule has 172 valence electrons. The van der Waals surface area contributed by atoms with Crippen LogP contribution in [0.3, 0.4) is 0 Å². The minimum atomic E-state index is -0.786. The summed E-state index contributed by atoms with van der Waals surface area (Å²) >= 11 is 0. The van der Waals surface area contributed by atoms with Crippen molar-refractivity contribution in [2.45, 2.75) is 24.5 Å². The predicted molar refractivity (Wildman–Crippen MR) is 134 cm³/mol. The number of nitrogens with zero attached hydrogens (tertiary/aromatic N) is 2. The van der Waals surface area contributed by atoms with E-state index >= 15 is 0 Å². The van der Waals surface area contributed by atoms with Gasteiger partial charge in [-0.2, -0.15) is 0 Å².